The minimum atomic E-state index is -0.518. The molecule has 0 spiro atoms. The Balaban J connectivity index is 2.80. The highest BCUT2D eigenvalue weighted by molar-refractivity contribution is 5.94. The third-order valence-corrected chi connectivity index (χ3v) is 3.20. The zero-order valence-corrected chi connectivity index (χ0v) is 13.3. The molecule has 0 aromatic heterocycles. The fourth-order valence-electron chi connectivity index (χ4n) is 2.03. The van der Waals surface area contributed by atoms with Crippen molar-refractivity contribution in [3.8, 4) is 0 Å². The molecule has 128 valence electrons. The quantitative estimate of drug-likeness (QED) is 0.543. The Bertz CT molecular complexity index is 523. The number of aliphatic hydroxyl groups is 1. The van der Waals surface area contributed by atoms with E-state index in [9.17, 15) is 14.0 Å². The third kappa shape index (κ3) is 6.33. The van der Waals surface area contributed by atoms with Gasteiger partial charge in [-0.05, 0) is 18.2 Å². The summed E-state index contributed by atoms with van der Waals surface area (Å²) in [5.74, 6) is -1.85. The molecule has 0 heterocycles. The van der Waals surface area contributed by atoms with E-state index in [1.165, 1.54) is 30.2 Å². The lowest BCUT2D eigenvalue weighted by molar-refractivity contribution is -0.145. The minimum absolute atomic E-state index is 0.115. The predicted octanol–water partition coefficient (Wildman–Crippen LogP) is 1.09. The van der Waals surface area contributed by atoms with Crippen LogP contribution in [0.25, 0.3) is 0 Å². The van der Waals surface area contributed by atoms with E-state index in [-0.39, 0.29) is 38.5 Å². The molecule has 0 bridgehead atoms. The molecule has 1 aromatic carbocycles. The molecule has 0 fully saturated rings. The van der Waals surface area contributed by atoms with Gasteiger partial charge in [0.25, 0.3) is 5.91 Å². The largest absolute Gasteiger partial charge is 0.469 e. The maximum absolute atomic E-state index is 13.3. The summed E-state index contributed by atoms with van der Waals surface area (Å²) in [5.41, 5.74) is 0.198. The van der Waals surface area contributed by atoms with Crippen LogP contribution in [0.4, 0.5) is 4.39 Å². The van der Waals surface area contributed by atoms with Crippen LogP contribution in [0.15, 0.2) is 24.3 Å². The van der Waals surface area contributed by atoms with Gasteiger partial charge in [-0.15, -0.1) is 0 Å². The lowest BCUT2D eigenvalue weighted by atomic mass is 10.1. The molecule has 7 heteroatoms. The highest BCUT2D eigenvalue weighted by atomic mass is 19.1. The van der Waals surface area contributed by atoms with Gasteiger partial charge in [0.05, 0.1) is 32.8 Å². The number of esters is 1. The van der Waals surface area contributed by atoms with Gasteiger partial charge in [-0.3, -0.25) is 9.59 Å². The van der Waals surface area contributed by atoms with Crippen LogP contribution in [0.5, 0.6) is 0 Å². The van der Waals surface area contributed by atoms with E-state index >= 15 is 0 Å². The summed E-state index contributed by atoms with van der Waals surface area (Å²) >= 11 is 0. The maximum Gasteiger partial charge on any atom is 0.310 e. The smallest absolute Gasteiger partial charge is 0.310 e. The molecule has 0 aliphatic heterocycles. The number of aliphatic hydroxyl groups excluding tert-OH is 1. The number of amides is 1. The molecule has 1 aromatic rings. The van der Waals surface area contributed by atoms with Crippen LogP contribution in [0, 0.1) is 11.7 Å². The Morgan fingerprint density at radius 3 is 2.70 bits per heavy atom. The molecule has 1 atom stereocenters. The zero-order chi connectivity index (χ0) is 17.2. The van der Waals surface area contributed by atoms with Crippen LogP contribution in [-0.2, 0) is 14.3 Å². The first kappa shape index (κ1) is 19.1. The van der Waals surface area contributed by atoms with E-state index in [4.69, 9.17) is 9.84 Å². The van der Waals surface area contributed by atoms with E-state index in [2.05, 4.69) is 4.74 Å². The Morgan fingerprint density at radius 1 is 1.35 bits per heavy atom. The Kier molecular flexibility index (Phi) is 8.21. The molecule has 0 aliphatic rings. The summed E-state index contributed by atoms with van der Waals surface area (Å²) in [4.78, 5) is 25.5. The summed E-state index contributed by atoms with van der Waals surface area (Å²) in [5, 5.41) is 8.69. The van der Waals surface area contributed by atoms with Gasteiger partial charge in [-0.1, -0.05) is 13.0 Å². The number of halogens is 1. The van der Waals surface area contributed by atoms with Crippen molar-refractivity contribution in [2.75, 3.05) is 40.0 Å². The van der Waals surface area contributed by atoms with Gasteiger partial charge in [0.2, 0.25) is 0 Å². The van der Waals surface area contributed by atoms with Crippen molar-refractivity contribution in [3.05, 3.63) is 35.6 Å². The van der Waals surface area contributed by atoms with Crippen molar-refractivity contribution in [3.63, 3.8) is 0 Å². The van der Waals surface area contributed by atoms with Crippen molar-refractivity contribution >= 4 is 11.9 Å². The van der Waals surface area contributed by atoms with Crippen LogP contribution in [-0.4, -0.2) is 61.9 Å². The van der Waals surface area contributed by atoms with Crippen molar-refractivity contribution < 1.29 is 28.6 Å². The second-order valence-corrected chi connectivity index (χ2v) is 5.02. The molecular formula is C16H22FNO5. The van der Waals surface area contributed by atoms with Crippen LogP contribution < -0.4 is 0 Å². The van der Waals surface area contributed by atoms with E-state index in [1.807, 2.05) is 0 Å². The SMILES string of the molecule is COC(=O)C(C)CN(CCOCCO)C(=O)c1cccc(F)c1. The van der Waals surface area contributed by atoms with Gasteiger partial charge in [-0.25, -0.2) is 4.39 Å². The van der Waals surface area contributed by atoms with Gasteiger partial charge in [0.15, 0.2) is 0 Å². The Hall–Kier alpha value is -1.99. The number of carbonyl (C=O) groups excluding carboxylic acids is 2. The zero-order valence-electron chi connectivity index (χ0n) is 13.3. The highest BCUT2D eigenvalue weighted by Gasteiger charge is 2.22. The molecule has 1 amide bonds. The van der Waals surface area contributed by atoms with Crippen LogP contribution in [0.2, 0.25) is 0 Å². The van der Waals surface area contributed by atoms with Crippen LogP contribution in [0.1, 0.15) is 17.3 Å². The van der Waals surface area contributed by atoms with Gasteiger partial charge in [-0.2, -0.15) is 0 Å². The topological polar surface area (TPSA) is 76.1 Å². The number of rotatable bonds is 9. The first-order valence-corrected chi connectivity index (χ1v) is 7.30. The lowest BCUT2D eigenvalue weighted by Crippen LogP contribution is -2.39. The predicted molar refractivity (Wildman–Crippen MR) is 81.4 cm³/mol. The maximum atomic E-state index is 13.3. The minimum Gasteiger partial charge on any atom is -0.469 e. The van der Waals surface area contributed by atoms with E-state index < -0.39 is 23.6 Å². The molecule has 0 saturated heterocycles. The third-order valence-electron chi connectivity index (χ3n) is 3.20. The molecule has 6 nitrogen and oxygen atoms in total. The van der Waals surface area contributed by atoms with Gasteiger partial charge in [0.1, 0.15) is 5.82 Å². The number of carbonyl (C=O) groups is 2. The molecule has 1 unspecified atom stereocenters. The molecule has 1 N–H and O–H groups in total. The molecule has 0 saturated carbocycles. The number of methoxy groups -OCH3 is 1. The number of ether oxygens (including phenoxy) is 2. The summed E-state index contributed by atoms with van der Waals surface area (Å²) in [7, 11) is 1.28. The normalized spacial score (nSPS) is 11.8. The fraction of sp³-hybridized carbons (Fsp3) is 0.500. The van der Waals surface area contributed by atoms with Gasteiger partial charge < -0.3 is 19.5 Å². The summed E-state index contributed by atoms with van der Waals surface area (Å²) in [6.45, 7) is 2.24. The van der Waals surface area contributed by atoms with Crippen molar-refractivity contribution in [1.29, 1.82) is 0 Å². The monoisotopic (exact) mass is 327 g/mol. The number of nitrogens with zero attached hydrogens (tertiary/aromatic N) is 1. The fourth-order valence-corrected chi connectivity index (χ4v) is 2.03. The first-order valence-electron chi connectivity index (χ1n) is 7.30. The molecule has 0 radical (unpaired) electrons. The molecule has 0 aliphatic carbocycles. The standard InChI is InChI=1S/C16H22FNO5/c1-12(16(21)22-2)11-18(6-8-23-9-7-19)15(20)13-4-3-5-14(17)10-13/h3-5,10,12,19H,6-9,11H2,1-2H3. The van der Waals surface area contributed by atoms with Crippen molar-refractivity contribution in [2.24, 2.45) is 5.92 Å². The van der Waals surface area contributed by atoms with Crippen molar-refractivity contribution in [2.45, 2.75) is 6.92 Å². The second-order valence-electron chi connectivity index (χ2n) is 5.02. The van der Waals surface area contributed by atoms with Crippen LogP contribution >= 0.6 is 0 Å². The highest BCUT2D eigenvalue weighted by Crippen LogP contribution is 2.10. The number of hydrogen-bond donors (Lipinski definition) is 1. The molecular weight excluding hydrogens is 305 g/mol. The van der Waals surface area contributed by atoms with Gasteiger partial charge >= 0.3 is 5.97 Å². The number of hydrogen-bond acceptors (Lipinski definition) is 5. The molecule has 1 rings (SSSR count). The van der Waals surface area contributed by atoms with Crippen molar-refractivity contribution in [1.82, 2.24) is 4.90 Å². The Morgan fingerprint density at radius 2 is 2.09 bits per heavy atom. The number of benzene rings is 1. The average Bonchev–Trinajstić information content (AvgIpc) is 2.56. The van der Waals surface area contributed by atoms with E-state index in [0.29, 0.717) is 0 Å². The molecule has 23 heavy (non-hydrogen) atoms. The second kappa shape index (κ2) is 9.91. The van der Waals surface area contributed by atoms with E-state index in [0.717, 1.165) is 6.07 Å². The van der Waals surface area contributed by atoms with Gasteiger partial charge in [0, 0.05) is 18.7 Å². The summed E-state index contributed by atoms with van der Waals surface area (Å²) in [6.07, 6.45) is 0. The Labute approximate surface area is 134 Å². The summed E-state index contributed by atoms with van der Waals surface area (Å²) < 4.78 is 23.1. The van der Waals surface area contributed by atoms with E-state index in [1.54, 1.807) is 6.92 Å². The summed E-state index contributed by atoms with van der Waals surface area (Å²) in [6, 6.07) is 5.36. The lowest BCUT2D eigenvalue weighted by Gasteiger charge is -2.25. The first-order chi connectivity index (χ1) is 11.0. The van der Waals surface area contributed by atoms with Crippen LogP contribution in [0.3, 0.4) is 0 Å². The average molecular weight is 327 g/mol.